The normalized spacial score (nSPS) is 16.4. The average molecular weight is 263 g/mol. The van der Waals surface area contributed by atoms with Gasteiger partial charge in [0, 0.05) is 12.6 Å². The molecule has 0 saturated carbocycles. The zero-order valence-corrected chi connectivity index (χ0v) is 11.0. The van der Waals surface area contributed by atoms with Crippen LogP contribution in [0.2, 0.25) is 0 Å². The van der Waals surface area contributed by atoms with Crippen molar-refractivity contribution in [2.45, 2.75) is 0 Å². The molecule has 98 valence electrons. The van der Waals surface area contributed by atoms with E-state index in [0.717, 1.165) is 5.56 Å². The van der Waals surface area contributed by atoms with E-state index in [9.17, 15) is 9.59 Å². The van der Waals surface area contributed by atoms with E-state index in [-0.39, 0.29) is 17.3 Å². The molecule has 2 aromatic carbocycles. The monoisotopic (exact) mass is 263 g/mol. The van der Waals surface area contributed by atoms with Crippen molar-refractivity contribution in [3.8, 4) is 0 Å². The zero-order valence-electron chi connectivity index (χ0n) is 11.0. The van der Waals surface area contributed by atoms with Gasteiger partial charge in [-0.05, 0) is 23.8 Å². The van der Waals surface area contributed by atoms with Crippen molar-refractivity contribution in [3.05, 3.63) is 71.3 Å². The van der Waals surface area contributed by atoms with Gasteiger partial charge in [-0.3, -0.25) is 9.59 Å². The van der Waals surface area contributed by atoms with Gasteiger partial charge >= 0.3 is 0 Å². The van der Waals surface area contributed by atoms with Crippen LogP contribution in [0.1, 0.15) is 15.9 Å². The first kappa shape index (κ1) is 12.4. The van der Waals surface area contributed by atoms with Crippen molar-refractivity contribution in [2.24, 2.45) is 0 Å². The first-order chi connectivity index (χ1) is 9.68. The molecule has 1 aliphatic rings. The van der Waals surface area contributed by atoms with Gasteiger partial charge < -0.3 is 4.90 Å². The lowest BCUT2D eigenvalue weighted by molar-refractivity contribution is -0.114. The molecule has 0 bridgehead atoms. The summed E-state index contributed by atoms with van der Waals surface area (Å²) in [5.41, 5.74) is 2.28. The van der Waals surface area contributed by atoms with Gasteiger partial charge in [-0.25, -0.2) is 0 Å². The number of hydrogen-bond donors (Lipinski definition) is 0. The number of nitrogens with zero attached hydrogens (tertiary/aromatic N) is 1. The molecule has 0 aliphatic carbocycles. The molecular formula is C17H13NO2. The van der Waals surface area contributed by atoms with Gasteiger partial charge in [0.05, 0.1) is 11.3 Å². The van der Waals surface area contributed by atoms with Gasteiger partial charge in [0.25, 0.3) is 5.91 Å². The van der Waals surface area contributed by atoms with Crippen molar-refractivity contribution in [1.82, 2.24) is 0 Å². The Morgan fingerprint density at radius 3 is 2.30 bits per heavy atom. The summed E-state index contributed by atoms with van der Waals surface area (Å²) < 4.78 is 0. The fraction of sp³-hybridized carbons (Fsp3) is 0.0588. The number of fused-ring (bicyclic) bond motifs is 1. The molecule has 0 spiro atoms. The van der Waals surface area contributed by atoms with Crippen molar-refractivity contribution < 1.29 is 9.59 Å². The van der Waals surface area contributed by atoms with E-state index in [4.69, 9.17) is 0 Å². The Kier molecular flexibility index (Phi) is 2.95. The summed E-state index contributed by atoms with van der Waals surface area (Å²) in [4.78, 5) is 26.3. The van der Waals surface area contributed by atoms with Gasteiger partial charge in [-0.2, -0.15) is 0 Å². The van der Waals surface area contributed by atoms with Crippen LogP contribution in [0.3, 0.4) is 0 Å². The Balaban J connectivity index is 2.13. The highest BCUT2D eigenvalue weighted by atomic mass is 16.2. The Hall–Kier alpha value is -2.68. The molecule has 3 rings (SSSR count). The summed E-state index contributed by atoms with van der Waals surface area (Å²) in [5.74, 6) is -0.481. The minimum absolute atomic E-state index is 0.206. The number of carbonyl (C=O) groups is 2. The second-order valence-corrected chi connectivity index (χ2v) is 4.68. The summed E-state index contributed by atoms with van der Waals surface area (Å²) in [5, 5.41) is 0. The Labute approximate surface area is 117 Å². The topological polar surface area (TPSA) is 37.4 Å². The van der Waals surface area contributed by atoms with Crippen LogP contribution in [-0.2, 0) is 4.79 Å². The summed E-state index contributed by atoms with van der Waals surface area (Å²) in [6.07, 6.45) is 1.65. The van der Waals surface area contributed by atoms with E-state index in [0.29, 0.717) is 11.3 Å². The highest BCUT2D eigenvalue weighted by Gasteiger charge is 2.32. The Bertz CT molecular complexity index is 717. The number of rotatable bonds is 1. The second kappa shape index (κ2) is 4.78. The SMILES string of the molecule is CN1C(=O)/C(=C\c2ccccc2)C(=O)c2ccccc21. The molecule has 3 nitrogen and oxygen atoms in total. The molecule has 0 unspecified atom stereocenters. The van der Waals surface area contributed by atoms with Gasteiger partial charge in [0.2, 0.25) is 5.78 Å². The highest BCUT2D eigenvalue weighted by molar-refractivity contribution is 6.36. The quantitative estimate of drug-likeness (QED) is 0.586. The lowest BCUT2D eigenvalue weighted by Gasteiger charge is -2.26. The van der Waals surface area contributed by atoms with Crippen LogP contribution in [0.5, 0.6) is 0 Å². The summed E-state index contributed by atoms with van der Waals surface area (Å²) in [7, 11) is 1.69. The lowest BCUT2D eigenvalue weighted by atomic mass is 9.94. The molecule has 0 fully saturated rings. The number of carbonyl (C=O) groups excluding carboxylic acids is 2. The number of para-hydroxylation sites is 1. The summed E-state index contributed by atoms with van der Waals surface area (Å²) >= 11 is 0. The van der Waals surface area contributed by atoms with Crippen molar-refractivity contribution >= 4 is 23.5 Å². The molecule has 0 radical (unpaired) electrons. The van der Waals surface area contributed by atoms with Gasteiger partial charge in [0.15, 0.2) is 0 Å². The van der Waals surface area contributed by atoms with Gasteiger partial charge in [-0.1, -0.05) is 42.5 Å². The zero-order chi connectivity index (χ0) is 14.1. The van der Waals surface area contributed by atoms with Crippen molar-refractivity contribution in [2.75, 3.05) is 11.9 Å². The predicted molar refractivity (Wildman–Crippen MR) is 78.6 cm³/mol. The number of amides is 1. The number of Topliss-reactive ketones (excluding diaryl/α,β-unsaturated/α-hetero) is 1. The van der Waals surface area contributed by atoms with E-state index in [1.54, 1.807) is 31.3 Å². The molecule has 1 amide bonds. The summed E-state index contributed by atoms with van der Waals surface area (Å²) in [6.45, 7) is 0. The summed E-state index contributed by atoms with van der Waals surface area (Å²) in [6, 6.07) is 16.5. The molecule has 1 aliphatic heterocycles. The fourth-order valence-corrected chi connectivity index (χ4v) is 2.33. The highest BCUT2D eigenvalue weighted by Crippen LogP contribution is 2.29. The molecule has 0 atom stereocenters. The van der Waals surface area contributed by atoms with Crippen molar-refractivity contribution in [1.29, 1.82) is 0 Å². The molecular weight excluding hydrogens is 250 g/mol. The fourth-order valence-electron chi connectivity index (χ4n) is 2.33. The number of anilines is 1. The van der Waals surface area contributed by atoms with Crippen LogP contribution >= 0.6 is 0 Å². The van der Waals surface area contributed by atoms with Crippen molar-refractivity contribution in [3.63, 3.8) is 0 Å². The Morgan fingerprint density at radius 2 is 1.55 bits per heavy atom. The van der Waals surface area contributed by atoms with Gasteiger partial charge in [-0.15, -0.1) is 0 Å². The molecule has 0 aromatic heterocycles. The molecule has 3 heteroatoms. The van der Waals surface area contributed by atoms with Crippen LogP contribution in [0, 0.1) is 0 Å². The Morgan fingerprint density at radius 1 is 0.900 bits per heavy atom. The first-order valence-corrected chi connectivity index (χ1v) is 6.37. The number of likely N-dealkylation sites (N-methyl/N-ethyl adjacent to an activating group) is 1. The van der Waals surface area contributed by atoms with E-state index >= 15 is 0 Å². The van der Waals surface area contributed by atoms with Crippen LogP contribution in [0.25, 0.3) is 6.08 Å². The van der Waals surface area contributed by atoms with E-state index in [2.05, 4.69) is 0 Å². The third kappa shape index (κ3) is 1.93. The molecule has 0 saturated heterocycles. The maximum Gasteiger partial charge on any atom is 0.262 e. The molecule has 1 heterocycles. The van der Waals surface area contributed by atoms with Gasteiger partial charge in [0.1, 0.15) is 0 Å². The lowest BCUT2D eigenvalue weighted by Crippen LogP contribution is -2.36. The minimum Gasteiger partial charge on any atom is -0.311 e. The minimum atomic E-state index is -0.266. The van der Waals surface area contributed by atoms with E-state index in [1.165, 1.54) is 4.90 Å². The van der Waals surface area contributed by atoms with Crippen LogP contribution < -0.4 is 4.90 Å². The maximum absolute atomic E-state index is 12.5. The van der Waals surface area contributed by atoms with Crippen LogP contribution in [0.15, 0.2) is 60.2 Å². The van der Waals surface area contributed by atoms with E-state index < -0.39 is 0 Å². The number of ketones is 1. The first-order valence-electron chi connectivity index (χ1n) is 6.37. The largest absolute Gasteiger partial charge is 0.311 e. The van der Waals surface area contributed by atoms with Crippen LogP contribution in [0.4, 0.5) is 5.69 Å². The number of hydrogen-bond acceptors (Lipinski definition) is 2. The third-order valence-corrected chi connectivity index (χ3v) is 3.40. The van der Waals surface area contributed by atoms with Crippen LogP contribution in [-0.4, -0.2) is 18.7 Å². The molecule has 20 heavy (non-hydrogen) atoms. The average Bonchev–Trinajstić information content (AvgIpc) is 2.50. The van der Waals surface area contributed by atoms with E-state index in [1.807, 2.05) is 36.4 Å². The second-order valence-electron chi connectivity index (χ2n) is 4.68. The number of benzene rings is 2. The maximum atomic E-state index is 12.5. The molecule has 0 N–H and O–H groups in total. The predicted octanol–water partition coefficient (Wildman–Crippen LogP) is 2.93. The molecule has 2 aromatic rings. The third-order valence-electron chi connectivity index (χ3n) is 3.40. The standard InChI is InChI=1S/C17H13NO2/c1-18-15-10-6-5-9-13(15)16(19)14(17(18)20)11-12-7-3-2-4-8-12/h2-11H,1H3/b14-11-. The smallest absolute Gasteiger partial charge is 0.262 e.